The third-order valence-corrected chi connectivity index (χ3v) is 4.57. The Bertz CT molecular complexity index is 834. The summed E-state index contributed by atoms with van der Waals surface area (Å²) >= 11 is 0. The van der Waals surface area contributed by atoms with E-state index in [2.05, 4.69) is 10.6 Å². The van der Waals surface area contributed by atoms with Crippen molar-refractivity contribution in [2.24, 2.45) is 0 Å². The van der Waals surface area contributed by atoms with Crippen LogP contribution in [0.25, 0.3) is 0 Å². The summed E-state index contributed by atoms with van der Waals surface area (Å²) in [4.78, 5) is 26.2. The zero-order valence-corrected chi connectivity index (χ0v) is 15.0. The lowest BCUT2D eigenvalue weighted by molar-refractivity contribution is 0.0793. The maximum Gasteiger partial charge on any atom is 0.319 e. The Morgan fingerprint density at radius 1 is 1.00 bits per heavy atom. The zero-order valence-electron chi connectivity index (χ0n) is 15.0. The lowest BCUT2D eigenvalue weighted by atomic mass is 10.1. The second-order valence-electron chi connectivity index (χ2n) is 6.57. The molecule has 142 valence electrons. The largest absolute Gasteiger partial charge is 0.339 e. The molecule has 1 fully saturated rings. The molecule has 1 heterocycles. The van der Waals surface area contributed by atoms with Gasteiger partial charge in [0.15, 0.2) is 11.6 Å². The third kappa shape index (κ3) is 4.61. The molecular weight excluding hydrogens is 352 g/mol. The molecule has 0 spiro atoms. The Labute approximate surface area is 156 Å². The van der Waals surface area contributed by atoms with E-state index in [4.69, 9.17) is 0 Å². The molecule has 1 saturated heterocycles. The first-order valence-corrected chi connectivity index (χ1v) is 8.86. The number of likely N-dealkylation sites (tertiary alicyclic amines) is 1. The van der Waals surface area contributed by atoms with Gasteiger partial charge in [0.2, 0.25) is 0 Å². The van der Waals surface area contributed by atoms with Crippen molar-refractivity contribution < 1.29 is 18.4 Å². The summed E-state index contributed by atoms with van der Waals surface area (Å²) in [6.07, 6.45) is 2.06. The summed E-state index contributed by atoms with van der Waals surface area (Å²) in [6.45, 7) is 3.23. The molecule has 0 saturated carbocycles. The highest BCUT2D eigenvalue weighted by molar-refractivity contribution is 5.95. The average Bonchev–Trinajstić information content (AvgIpc) is 3.18. The summed E-state index contributed by atoms with van der Waals surface area (Å²) in [5, 5.41) is 5.32. The number of hydrogen-bond donors (Lipinski definition) is 2. The molecule has 3 amide bonds. The number of hydrogen-bond acceptors (Lipinski definition) is 2. The van der Waals surface area contributed by atoms with E-state index < -0.39 is 23.7 Å². The predicted octanol–water partition coefficient (Wildman–Crippen LogP) is 4.08. The molecule has 1 atom stereocenters. The standard InChI is InChI=1S/C20H21F2N3O2/c1-13(15-6-9-17(21)18(22)12-15)23-20(27)24-16-7-4-14(5-8-16)19(26)25-10-2-3-11-25/h4-9,12-13H,2-3,10-11H2,1H3,(H2,23,24,27)/t13-/m0/s1. The van der Waals surface area contributed by atoms with Crippen LogP contribution in [0.4, 0.5) is 19.3 Å². The van der Waals surface area contributed by atoms with Gasteiger partial charge < -0.3 is 15.5 Å². The fourth-order valence-corrected chi connectivity index (χ4v) is 3.03. The number of urea groups is 1. The fourth-order valence-electron chi connectivity index (χ4n) is 3.03. The Kier molecular flexibility index (Phi) is 5.69. The molecule has 7 heteroatoms. The Morgan fingerprint density at radius 3 is 2.30 bits per heavy atom. The Morgan fingerprint density at radius 2 is 1.67 bits per heavy atom. The van der Waals surface area contributed by atoms with Gasteiger partial charge in [-0.2, -0.15) is 0 Å². The van der Waals surface area contributed by atoms with Crippen LogP contribution in [0.3, 0.4) is 0 Å². The molecule has 1 aliphatic heterocycles. The van der Waals surface area contributed by atoms with Crippen LogP contribution in [0.15, 0.2) is 42.5 Å². The van der Waals surface area contributed by atoms with Crippen LogP contribution in [0.2, 0.25) is 0 Å². The number of anilines is 1. The fraction of sp³-hybridized carbons (Fsp3) is 0.300. The van der Waals surface area contributed by atoms with Gasteiger partial charge in [-0.1, -0.05) is 6.07 Å². The van der Waals surface area contributed by atoms with Gasteiger partial charge in [0.25, 0.3) is 5.91 Å². The summed E-state index contributed by atoms with van der Waals surface area (Å²) in [5.41, 5.74) is 1.57. The van der Waals surface area contributed by atoms with Crippen LogP contribution in [-0.4, -0.2) is 29.9 Å². The zero-order chi connectivity index (χ0) is 19.4. The van der Waals surface area contributed by atoms with Gasteiger partial charge in [-0.05, 0) is 61.7 Å². The summed E-state index contributed by atoms with van der Waals surface area (Å²) in [7, 11) is 0. The Hall–Kier alpha value is -2.96. The number of nitrogens with one attached hydrogen (secondary N) is 2. The highest BCUT2D eigenvalue weighted by atomic mass is 19.2. The van der Waals surface area contributed by atoms with Crippen molar-refractivity contribution in [1.82, 2.24) is 10.2 Å². The quantitative estimate of drug-likeness (QED) is 0.848. The lowest BCUT2D eigenvalue weighted by Gasteiger charge is -2.16. The predicted molar refractivity (Wildman–Crippen MR) is 98.5 cm³/mol. The highest BCUT2D eigenvalue weighted by Crippen LogP contribution is 2.17. The van der Waals surface area contributed by atoms with E-state index in [1.807, 2.05) is 4.90 Å². The van der Waals surface area contributed by atoms with Gasteiger partial charge in [-0.25, -0.2) is 13.6 Å². The van der Waals surface area contributed by atoms with E-state index >= 15 is 0 Å². The SMILES string of the molecule is C[C@H](NC(=O)Nc1ccc(C(=O)N2CCCC2)cc1)c1ccc(F)c(F)c1. The van der Waals surface area contributed by atoms with E-state index in [-0.39, 0.29) is 5.91 Å². The second-order valence-corrected chi connectivity index (χ2v) is 6.57. The topological polar surface area (TPSA) is 61.4 Å². The van der Waals surface area contributed by atoms with Gasteiger partial charge >= 0.3 is 6.03 Å². The van der Waals surface area contributed by atoms with Gasteiger partial charge in [-0.3, -0.25) is 4.79 Å². The van der Waals surface area contributed by atoms with Crippen LogP contribution in [-0.2, 0) is 0 Å². The molecule has 0 unspecified atom stereocenters. The van der Waals surface area contributed by atoms with Gasteiger partial charge in [0, 0.05) is 24.3 Å². The van der Waals surface area contributed by atoms with E-state index in [0.717, 1.165) is 38.1 Å². The van der Waals surface area contributed by atoms with Gasteiger partial charge in [0.1, 0.15) is 0 Å². The number of rotatable bonds is 4. The number of carbonyl (C=O) groups is 2. The highest BCUT2D eigenvalue weighted by Gasteiger charge is 2.19. The number of benzene rings is 2. The van der Waals surface area contributed by atoms with Crippen molar-refractivity contribution in [2.75, 3.05) is 18.4 Å². The molecule has 2 N–H and O–H groups in total. The maximum atomic E-state index is 13.3. The lowest BCUT2D eigenvalue weighted by Crippen LogP contribution is -2.31. The molecule has 27 heavy (non-hydrogen) atoms. The smallest absolute Gasteiger partial charge is 0.319 e. The van der Waals surface area contributed by atoms with Crippen molar-refractivity contribution in [1.29, 1.82) is 0 Å². The van der Waals surface area contributed by atoms with E-state index in [9.17, 15) is 18.4 Å². The van der Waals surface area contributed by atoms with Crippen molar-refractivity contribution in [2.45, 2.75) is 25.8 Å². The van der Waals surface area contributed by atoms with Gasteiger partial charge in [0.05, 0.1) is 6.04 Å². The first kappa shape index (κ1) is 18.8. The summed E-state index contributed by atoms with van der Waals surface area (Å²) in [5.74, 6) is -1.89. The minimum atomic E-state index is -0.959. The number of halogens is 2. The normalized spacial score (nSPS) is 14.7. The number of nitrogens with zero attached hydrogens (tertiary/aromatic N) is 1. The maximum absolute atomic E-state index is 13.3. The first-order chi connectivity index (χ1) is 12.9. The molecule has 3 rings (SSSR count). The molecule has 0 radical (unpaired) electrons. The van der Waals surface area contributed by atoms with Crippen LogP contribution in [0, 0.1) is 11.6 Å². The first-order valence-electron chi connectivity index (χ1n) is 8.86. The molecule has 0 aromatic heterocycles. The molecule has 0 bridgehead atoms. The average molecular weight is 373 g/mol. The minimum Gasteiger partial charge on any atom is -0.339 e. The summed E-state index contributed by atoms with van der Waals surface area (Å²) in [6, 6.07) is 9.18. The van der Waals surface area contributed by atoms with Gasteiger partial charge in [-0.15, -0.1) is 0 Å². The number of carbonyl (C=O) groups excluding carboxylic acids is 2. The van der Waals surface area contributed by atoms with Crippen LogP contribution >= 0.6 is 0 Å². The molecular formula is C20H21F2N3O2. The monoisotopic (exact) mass is 373 g/mol. The molecule has 2 aromatic rings. The van der Waals surface area contributed by atoms with E-state index in [0.29, 0.717) is 16.8 Å². The molecule has 5 nitrogen and oxygen atoms in total. The molecule has 2 aromatic carbocycles. The van der Waals surface area contributed by atoms with Crippen molar-refractivity contribution in [3.05, 3.63) is 65.2 Å². The van der Waals surface area contributed by atoms with Crippen LogP contribution < -0.4 is 10.6 Å². The third-order valence-electron chi connectivity index (χ3n) is 4.57. The Balaban J connectivity index is 1.57. The number of amides is 3. The van der Waals surface area contributed by atoms with Crippen molar-refractivity contribution >= 4 is 17.6 Å². The van der Waals surface area contributed by atoms with Crippen molar-refractivity contribution in [3.8, 4) is 0 Å². The van der Waals surface area contributed by atoms with E-state index in [1.165, 1.54) is 6.07 Å². The van der Waals surface area contributed by atoms with E-state index in [1.54, 1.807) is 31.2 Å². The van der Waals surface area contributed by atoms with Crippen LogP contribution in [0.1, 0.15) is 41.7 Å². The second kappa shape index (κ2) is 8.16. The van der Waals surface area contributed by atoms with Crippen molar-refractivity contribution in [3.63, 3.8) is 0 Å². The minimum absolute atomic E-state index is 0.00420. The molecule has 1 aliphatic rings. The molecule has 0 aliphatic carbocycles. The van der Waals surface area contributed by atoms with Crippen LogP contribution in [0.5, 0.6) is 0 Å². The summed E-state index contributed by atoms with van der Waals surface area (Å²) < 4.78 is 26.3.